The topological polar surface area (TPSA) is 25.4 Å². The first-order chi connectivity index (χ1) is 10.2. The summed E-state index contributed by atoms with van der Waals surface area (Å²) < 4.78 is 7.01. The van der Waals surface area contributed by atoms with Gasteiger partial charge in [0.2, 0.25) is 0 Å². The number of ether oxygens (including phenoxy) is 1. The quantitative estimate of drug-likeness (QED) is 0.810. The van der Waals surface area contributed by atoms with Gasteiger partial charge in [0.05, 0.1) is 12.3 Å². The predicted molar refractivity (Wildman–Crippen MR) is 90.8 cm³/mol. The van der Waals surface area contributed by atoms with Gasteiger partial charge in [0.1, 0.15) is 11.1 Å². The van der Waals surface area contributed by atoms with E-state index in [2.05, 4.69) is 52.9 Å². The van der Waals surface area contributed by atoms with Crippen LogP contribution in [0.15, 0.2) is 28.7 Å². The minimum Gasteiger partial charge on any atom is -0.368 e. The number of aryl methyl sites for hydroxylation is 1. The van der Waals surface area contributed by atoms with Crippen LogP contribution in [-0.2, 0) is 4.74 Å². The Hall–Kier alpha value is -0.750. The number of thiazole rings is 1. The smallest absolute Gasteiger partial charge is 0.124 e. The number of nitrogens with zero attached hydrogens (tertiary/aromatic N) is 2. The molecule has 5 heteroatoms. The number of halogens is 1. The molecule has 21 heavy (non-hydrogen) atoms. The normalized spacial score (nSPS) is 19.9. The van der Waals surface area contributed by atoms with E-state index < -0.39 is 0 Å². The molecule has 1 aliphatic heterocycles. The van der Waals surface area contributed by atoms with E-state index in [1.807, 2.05) is 6.07 Å². The Bertz CT molecular complexity index is 628. The molecule has 0 radical (unpaired) electrons. The summed E-state index contributed by atoms with van der Waals surface area (Å²) >= 11 is 5.37. The molecule has 1 aliphatic rings. The zero-order valence-electron chi connectivity index (χ0n) is 12.3. The van der Waals surface area contributed by atoms with E-state index in [1.165, 1.54) is 4.88 Å². The molecule has 3 rings (SSSR count). The van der Waals surface area contributed by atoms with Gasteiger partial charge in [-0.25, -0.2) is 4.98 Å². The van der Waals surface area contributed by atoms with Crippen LogP contribution in [0.3, 0.4) is 0 Å². The van der Waals surface area contributed by atoms with Crippen molar-refractivity contribution in [3.05, 3.63) is 38.6 Å². The first-order valence-electron chi connectivity index (χ1n) is 7.25. The van der Waals surface area contributed by atoms with Crippen molar-refractivity contribution in [2.45, 2.75) is 20.0 Å². The molecule has 0 bridgehead atoms. The molecule has 3 nitrogen and oxygen atoms in total. The molecule has 1 aromatic heterocycles. The van der Waals surface area contributed by atoms with E-state index in [1.54, 1.807) is 11.3 Å². The van der Waals surface area contributed by atoms with E-state index in [-0.39, 0.29) is 6.10 Å². The SMILES string of the molecule is CCN1CCOC(c2nc(-c3ccccc3Br)c(C)s2)C1. The summed E-state index contributed by atoms with van der Waals surface area (Å²) in [6.07, 6.45) is 0.110. The van der Waals surface area contributed by atoms with Crippen molar-refractivity contribution in [2.75, 3.05) is 26.2 Å². The number of hydrogen-bond donors (Lipinski definition) is 0. The summed E-state index contributed by atoms with van der Waals surface area (Å²) in [7, 11) is 0. The van der Waals surface area contributed by atoms with Gasteiger partial charge >= 0.3 is 0 Å². The fourth-order valence-electron chi connectivity index (χ4n) is 2.60. The molecule has 1 aromatic carbocycles. The van der Waals surface area contributed by atoms with Gasteiger partial charge in [0, 0.05) is 28.0 Å². The molecule has 1 atom stereocenters. The number of likely N-dealkylation sites (N-methyl/N-ethyl adjacent to an activating group) is 1. The summed E-state index contributed by atoms with van der Waals surface area (Å²) in [5.41, 5.74) is 2.22. The fraction of sp³-hybridized carbons (Fsp3) is 0.438. The molecule has 1 unspecified atom stereocenters. The van der Waals surface area contributed by atoms with Crippen molar-refractivity contribution in [2.24, 2.45) is 0 Å². The van der Waals surface area contributed by atoms with Crippen molar-refractivity contribution in [1.29, 1.82) is 0 Å². The van der Waals surface area contributed by atoms with E-state index in [9.17, 15) is 0 Å². The number of benzene rings is 1. The molecule has 2 aromatic rings. The van der Waals surface area contributed by atoms with Crippen LogP contribution in [0.5, 0.6) is 0 Å². The van der Waals surface area contributed by atoms with Crippen LogP contribution in [-0.4, -0.2) is 36.1 Å². The molecule has 0 N–H and O–H groups in total. The molecule has 1 saturated heterocycles. The van der Waals surface area contributed by atoms with Crippen LogP contribution in [0.1, 0.15) is 22.9 Å². The number of aromatic nitrogens is 1. The monoisotopic (exact) mass is 366 g/mol. The van der Waals surface area contributed by atoms with Gasteiger partial charge in [-0.3, -0.25) is 4.90 Å². The van der Waals surface area contributed by atoms with Crippen LogP contribution >= 0.6 is 27.3 Å². The second-order valence-corrected chi connectivity index (χ2v) is 7.28. The van der Waals surface area contributed by atoms with Crippen LogP contribution in [0.2, 0.25) is 0 Å². The average molecular weight is 367 g/mol. The maximum atomic E-state index is 5.93. The lowest BCUT2D eigenvalue weighted by molar-refractivity contribution is -0.0282. The Morgan fingerprint density at radius 1 is 1.43 bits per heavy atom. The highest BCUT2D eigenvalue weighted by Gasteiger charge is 2.25. The molecule has 0 amide bonds. The lowest BCUT2D eigenvalue weighted by Crippen LogP contribution is -2.37. The van der Waals surface area contributed by atoms with Gasteiger partial charge < -0.3 is 4.74 Å². The molecule has 112 valence electrons. The summed E-state index contributed by atoms with van der Waals surface area (Å²) in [5.74, 6) is 0. The summed E-state index contributed by atoms with van der Waals surface area (Å²) in [4.78, 5) is 8.53. The van der Waals surface area contributed by atoms with Crippen molar-refractivity contribution < 1.29 is 4.74 Å². The van der Waals surface area contributed by atoms with E-state index in [4.69, 9.17) is 9.72 Å². The third kappa shape index (κ3) is 3.21. The predicted octanol–water partition coefficient (Wildman–Crippen LogP) is 4.27. The number of hydrogen-bond acceptors (Lipinski definition) is 4. The van der Waals surface area contributed by atoms with Crippen LogP contribution < -0.4 is 0 Å². The Labute approximate surface area is 138 Å². The zero-order chi connectivity index (χ0) is 14.8. The van der Waals surface area contributed by atoms with Gasteiger partial charge in [-0.2, -0.15) is 0 Å². The lowest BCUT2D eigenvalue weighted by Gasteiger charge is -2.30. The van der Waals surface area contributed by atoms with Crippen molar-refractivity contribution in [1.82, 2.24) is 9.88 Å². The third-order valence-corrected chi connectivity index (χ3v) is 5.57. The molecule has 0 saturated carbocycles. The van der Waals surface area contributed by atoms with Gasteiger partial charge in [-0.1, -0.05) is 41.1 Å². The van der Waals surface area contributed by atoms with Gasteiger partial charge in [0.25, 0.3) is 0 Å². The van der Waals surface area contributed by atoms with Crippen molar-refractivity contribution >= 4 is 27.3 Å². The van der Waals surface area contributed by atoms with Crippen LogP contribution in [0.4, 0.5) is 0 Å². The highest BCUT2D eigenvalue weighted by atomic mass is 79.9. The molecule has 2 heterocycles. The Morgan fingerprint density at radius 2 is 2.24 bits per heavy atom. The summed E-state index contributed by atoms with van der Waals surface area (Å²) in [6.45, 7) is 8.16. The summed E-state index contributed by atoms with van der Waals surface area (Å²) in [6, 6.07) is 8.24. The number of rotatable bonds is 3. The minimum atomic E-state index is 0.110. The molecule has 0 spiro atoms. The van der Waals surface area contributed by atoms with Crippen LogP contribution in [0, 0.1) is 6.92 Å². The van der Waals surface area contributed by atoms with Crippen molar-refractivity contribution in [3.8, 4) is 11.3 Å². The standard InChI is InChI=1S/C16H19BrN2OS/c1-3-19-8-9-20-14(10-19)16-18-15(11(2)21-16)12-6-4-5-7-13(12)17/h4-7,14H,3,8-10H2,1-2H3. The highest BCUT2D eigenvalue weighted by molar-refractivity contribution is 9.10. The first-order valence-corrected chi connectivity index (χ1v) is 8.86. The minimum absolute atomic E-state index is 0.110. The maximum Gasteiger partial charge on any atom is 0.124 e. The van der Waals surface area contributed by atoms with E-state index in [0.717, 1.165) is 47.0 Å². The molecular weight excluding hydrogens is 348 g/mol. The Kier molecular flexibility index (Phi) is 4.74. The molecule has 0 aliphatic carbocycles. The first kappa shape index (κ1) is 15.2. The molecule has 1 fully saturated rings. The Morgan fingerprint density at radius 3 is 3.00 bits per heavy atom. The van der Waals surface area contributed by atoms with Gasteiger partial charge in [-0.05, 0) is 19.5 Å². The summed E-state index contributed by atoms with van der Waals surface area (Å²) in [5, 5.41) is 1.09. The Balaban J connectivity index is 1.89. The molecular formula is C16H19BrN2OS. The number of morpholine rings is 1. The third-order valence-electron chi connectivity index (χ3n) is 3.82. The second-order valence-electron chi connectivity index (χ2n) is 5.19. The second kappa shape index (κ2) is 6.57. The van der Waals surface area contributed by atoms with Crippen LogP contribution in [0.25, 0.3) is 11.3 Å². The zero-order valence-corrected chi connectivity index (χ0v) is 14.7. The van der Waals surface area contributed by atoms with Gasteiger partial charge in [-0.15, -0.1) is 11.3 Å². The largest absolute Gasteiger partial charge is 0.368 e. The van der Waals surface area contributed by atoms with Gasteiger partial charge in [0.15, 0.2) is 0 Å². The highest BCUT2D eigenvalue weighted by Crippen LogP contribution is 2.36. The van der Waals surface area contributed by atoms with E-state index >= 15 is 0 Å². The maximum absolute atomic E-state index is 5.93. The van der Waals surface area contributed by atoms with E-state index in [0.29, 0.717) is 0 Å². The van der Waals surface area contributed by atoms with Crippen molar-refractivity contribution in [3.63, 3.8) is 0 Å². The fourth-order valence-corrected chi connectivity index (χ4v) is 4.05. The lowest BCUT2D eigenvalue weighted by atomic mass is 10.1. The average Bonchev–Trinajstić information content (AvgIpc) is 2.90.